The average molecular weight is 423 g/mol. The Balaban J connectivity index is 1.65. The van der Waals surface area contributed by atoms with E-state index < -0.39 is 0 Å². The zero-order chi connectivity index (χ0) is 20.9. The second-order valence-electron chi connectivity index (χ2n) is 7.22. The highest BCUT2D eigenvalue weighted by Crippen LogP contribution is 2.38. The second kappa shape index (κ2) is 9.34. The standard InChI is InChI=1S/C23H26N4O2S/c1-3-27-21(18-11-13-19(29-2)14-12-18)24-25-23(27)30-20(17-9-5-4-6-10-17)22(28)26-15-7-8-16-26/h4-6,9-14,20H,3,7-8,15-16H2,1-2H3/t20-/m0/s1. The van der Waals surface area contributed by atoms with Gasteiger partial charge in [0.15, 0.2) is 11.0 Å². The molecule has 1 saturated heterocycles. The lowest BCUT2D eigenvalue weighted by atomic mass is 10.1. The molecule has 1 atom stereocenters. The van der Waals surface area contributed by atoms with Gasteiger partial charge in [-0.25, -0.2) is 0 Å². The third-order valence-corrected chi connectivity index (χ3v) is 6.57. The Morgan fingerprint density at radius 3 is 2.40 bits per heavy atom. The summed E-state index contributed by atoms with van der Waals surface area (Å²) >= 11 is 1.48. The molecular formula is C23H26N4O2S. The first-order valence-corrected chi connectivity index (χ1v) is 11.2. The van der Waals surface area contributed by atoms with E-state index >= 15 is 0 Å². The molecule has 1 aliphatic rings. The minimum absolute atomic E-state index is 0.153. The van der Waals surface area contributed by atoms with Crippen molar-refractivity contribution in [1.82, 2.24) is 19.7 Å². The van der Waals surface area contributed by atoms with Crippen LogP contribution >= 0.6 is 11.8 Å². The van der Waals surface area contributed by atoms with Crippen molar-refractivity contribution in [2.45, 2.75) is 36.7 Å². The van der Waals surface area contributed by atoms with Gasteiger partial charge in [-0.1, -0.05) is 42.1 Å². The van der Waals surface area contributed by atoms with Crippen LogP contribution in [-0.2, 0) is 11.3 Å². The Labute approximate surface area is 181 Å². The number of rotatable bonds is 7. The van der Waals surface area contributed by atoms with Crippen molar-refractivity contribution < 1.29 is 9.53 Å². The first-order chi connectivity index (χ1) is 14.7. The highest BCUT2D eigenvalue weighted by atomic mass is 32.2. The molecular weight excluding hydrogens is 396 g/mol. The Morgan fingerprint density at radius 1 is 1.07 bits per heavy atom. The van der Waals surface area contributed by atoms with Gasteiger partial charge in [0.25, 0.3) is 0 Å². The summed E-state index contributed by atoms with van der Waals surface area (Å²) in [5.41, 5.74) is 1.97. The van der Waals surface area contributed by atoms with Crippen LogP contribution < -0.4 is 4.74 Å². The van der Waals surface area contributed by atoms with Gasteiger partial charge in [-0.3, -0.25) is 4.79 Å². The normalized spacial score (nSPS) is 14.7. The Bertz CT molecular complexity index is 982. The molecule has 6 nitrogen and oxygen atoms in total. The first kappa shape index (κ1) is 20.5. The summed E-state index contributed by atoms with van der Waals surface area (Å²) in [7, 11) is 1.65. The number of benzene rings is 2. The zero-order valence-corrected chi connectivity index (χ0v) is 18.1. The van der Waals surface area contributed by atoms with Gasteiger partial charge in [-0.15, -0.1) is 10.2 Å². The van der Waals surface area contributed by atoms with Crippen LogP contribution in [-0.4, -0.2) is 45.8 Å². The zero-order valence-electron chi connectivity index (χ0n) is 17.3. The van der Waals surface area contributed by atoms with E-state index in [0.29, 0.717) is 0 Å². The predicted molar refractivity (Wildman–Crippen MR) is 119 cm³/mol. The summed E-state index contributed by atoms with van der Waals surface area (Å²) in [4.78, 5) is 15.3. The smallest absolute Gasteiger partial charge is 0.240 e. The number of hydrogen-bond donors (Lipinski definition) is 0. The molecule has 0 radical (unpaired) electrons. The number of carbonyl (C=O) groups excluding carboxylic acids is 1. The van der Waals surface area contributed by atoms with Crippen LogP contribution in [0.25, 0.3) is 11.4 Å². The quantitative estimate of drug-likeness (QED) is 0.527. The molecule has 2 heterocycles. The van der Waals surface area contributed by atoms with Crippen LogP contribution in [0.4, 0.5) is 0 Å². The number of aromatic nitrogens is 3. The van der Waals surface area contributed by atoms with Crippen molar-refractivity contribution in [3.63, 3.8) is 0 Å². The number of hydrogen-bond acceptors (Lipinski definition) is 5. The maximum atomic E-state index is 13.3. The van der Waals surface area contributed by atoms with E-state index in [1.807, 2.05) is 59.5 Å². The summed E-state index contributed by atoms with van der Waals surface area (Å²) in [6, 6.07) is 17.8. The van der Waals surface area contributed by atoms with Crippen LogP contribution in [0.15, 0.2) is 59.8 Å². The lowest BCUT2D eigenvalue weighted by Crippen LogP contribution is -2.31. The van der Waals surface area contributed by atoms with Gasteiger partial charge >= 0.3 is 0 Å². The molecule has 0 spiro atoms. The monoisotopic (exact) mass is 422 g/mol. The molecule has 0 aliphatic carbocycles. The summed E-state index contributed by atoms with van der Waals surface area (Å²) in [6.45, 7) is 4.46. The molecule has 3 aromatic rings. The fourth-order valence-corrected chi connectivity index (χ4v) is 4.90. The molecule has 1 fully saturated rings. The molecule has 7 heteroatoms. The maximum absolute atomic E-state index is 13.3. The number of nitrogens with zero attached hydrogens (tertiary/aromatic N) is 4. The fraction of sp³-hybridized carbons (Fsp3) is 0.348. The first-order valence-electron chi connectivity index (χ1n) is 10.3. The fourth-order valence-electron chi connectivity index (χ4n) is 3.71. The third-order valence-electron chi connectivity index (χ3n) is 5.35. The molecule has 0 unspecified atom stereocenters. The molecule has 1 amide bonds. The van der Waals surface area contributed by atoms with Gasteiger partial charge in [-0.05, 0) is 49.6 Å². The Hall–Kier alpha value is -2.80. The van der Waals surface area contributed by atoms with Gasteiger partial charge in [-0.2, -0.15) is 0 Å². The minimum Gasteiger partial charge on any atom is -0.497 e. The van der Waals surface area contributed by atoms with Crippen molar-refractivity contribution in [1.29, 1.82) is 0 Å². The van der Waals surface area contributed by atoms with E-state index in [1.165, 1.54) is 11.8 Å². The number of thioether (sulfide) groups is 1. The minimum atomic E-state index is -0.331. The Morgan fingerprint density at radius 2 is 1.77 bits per heavy atom. The number of amides is 1. The molecule has 30 heavy (non-hydrogen) atoms. The van der Waals surface area contributed by atoms with Crippen LogP contribution in [0.1, 0.15) is 30.6 Å². The number of methoxy groups -OCH3 is 1. The highest BCUT2D eigenvalue weighted by Gasteiger charge is 2.30. The van der Waals surface area contributed by atoms with E-state index in [0.717, 1.165) is 60.3 Å². The van der Waals surface area contributed by atoms with Gasteiger partial charge < -0.3 is 14.2 Å². The van der Waals surface area contributed by atoms with Crippen LogP contribution in [0.2, 0.25) is 0 Å². The van der Waals surface area contributed by atoms with Gasteiger partial charge in [0.1, 0.15) is 11.0 Å². The largest absolute Gasteiger partial charge is 0.497 e. The highest BCUT2D eigenvalue weighted by molar-refractivity contribution is 8.00. The van der Waals surface area contributed by atoms with Crippen LogP contribution in [0.3, 0.4) is 0 Å². The van der Waals surface area contributed by atoms with E-state index in [-0.39, 0.29) is 11.2 Å². The van der Waals surface area contributed by atoms with Crippen LogP contribution in [0.5, 0.6) is 5.75 Å². The van der Waals surface area contributed by atoms with Gasteiger partial charge in [0, 0.05) is 25.2 Å². The predicted octanol–water partition coefficient (Wildman–Crippen LogP) is 4.43. The lowest BCUT2D eigenvalue weighted by Gasteiger charge is -2.23. The summed E-state index contributed by atoms with van der Waals surface area (Å²) in [5.74, 6) is 1.75. The average Bonchev–Trinajstić information content (AvgIpc) is 3.47. The molecule has 1 aliphatic heterocycles. The van der Waals surface area contributed by atoms with Crippen molar-refractivity contribution in [2.75, 3.05) is 20.2 Å². The van der Waals surface area contributed by atoms with E-state index in [4.69, 9.17) is 4.74 Å². The number of carbonyl (C=O) groups is 1. The molecule has 0 saturated carbocycles. The van der Waals surface area contributed by atoms with Crippen LogP contribution in [0, 0.1) is 0 Å². The lowest BCUT2D eigenvalue weighted by molar-refractivity contribution is -0.129. The molecule has 1 aromatic heterocycles. The van der Waals surface area contributed by atoms with E-state index in [9.17, 15) is 4.79 Å². The van der Waals surface area contributed by atoms with E-state index in [2.05, 4.69) is 21.7 Å². The molecule has 2 aromatic carbocycles. The SMILES string of the molecule is CCn1c(S[C@H](C(=O)N2CCCC2)c2ccccc2)nnc1-c1ccc(OC)cc1. The summed E-state index contributed by atoms with van der Waals surface area (Å²) in [6.07, 6.45) is 2.15. The summed E-state index contributed by atoms with van der Waals surface area (Å²) < 4.78 is 7.32. The maximum Gasteiger partial charge on any atom is 0.240 e. The van der Waals surface area contributed by atoms with E-state index in [1.54, 1.807) is 7.11 Å². The topological polar surface area (TPSA) is 60.2 Å². The molecule has 0 N–H and O–H groups in total. The Kier molecular flexibility index (Phi) is 6.38. The third kappa shape index (κ3) is 4.21. The van der Waals surface area contributed by atoms with Gasteiger partial charge in [0.05, 0.1) is 7.11 Å². The van der Waals surface area contributed by atoms with Crippen molar-refractivity contribution >= 4 is 17.7 Å². The molecule has 4 rings (SSSR count). The van der Waals surface area contributed by atoms with Crippen molar-refractivity contribution in [2.24, 2.45) is 0 Å². The van der Waals surface area contributed by atoms with Gasteiger partial charge in [0.2, 0.25) is 5.91 Å². The summed E-state index contributed by atoms with van der Waals surface area (Å²) in [5, 5.41) is 9.32. The van der Waals surface area contributed by atoms with Crippen molar-refractivity contribution in [3.05, 3.63) is 60.2 Å². The van der Waals surface area contributed by atoms with Crippen molar-refractivity contribution in [3.8, 4) is 17.1 Å². The second-order valence-corrected chi connectivity index (χ2v) is 8.29. The molecule has 156 valence electrons. The molecule has 0 bridgehead atoms. The number of ether oxygens (including phenoxy) is 1. The number of likely N-dealkylation sites (tertiary alicyclic amines) is 1.